The summed E-state index contributed by atoms with van der Waals surface area (Å²) in [4.78, 5) is 14.8. The Balaban J connectivity index is 0.00000320. The summed E-state index contributed by atoms with van der Waals surface area (Å²) in [5.74, 6) is 0.640. The molecule has 0 radical (unpaired) electrons. The maximum absolute atomic E-state index is 12.4. The van der Waals surface area contributed by atoms with E-state index in [9.17, 15) is 4.79 Å². The van der Waals surface area contributed by atoms with Crippen molar-refractivity contribution in [1.29, 1.82) is 0 Å². The highest BCUT2D eigenvalue weighted by molar-refractivity contribution is 5.85. The Labute approximate surface area is 187 Å². The zero-order valence-corrected chi connectivity index (χ0v) is 19.4. The third-order valence-electron chi connectivity index (χ3n) is 5.63. The topological polar surface area (TPSA) is 41.6 Å². The molecule has 30 heavy (non-hydrogen) atoms. The number of halogens is 1. The van der Waals surface area contributed by atoms with E-state index in [-0.39, 0.29) is 36.4 Å². The highest BCUT2D eigenvalue weighted by Gasteiger charge is 2.24. The fraction of sp³-hybridized carbons (Fsp3) is 0.480. The van der Waals surface area contributed by atoms with Crippen LogP contribution in [-0.4, -0.2) is 37.0 Å². The van der Waals surface area contributed by atoms with Crippen LogP contribution in [0.2, 0.25) is 0 Å². The van der Waals surface area contributed by atoms with Crippen LogP contribution >= 0.6 is 12.4 Å². The average Bonchev–Trinajstić information content (AvgIpc) is 3.22. The highest BCUT2D eigenvalue weighted by Crippen LogP contribution is 2.28. The molecule has 0 aromatic heterocycles. The molecule has 4 nitrogen and oxygen atoms in total. The van der Waals surface area contributed by atoms with Crippen LogP contribution in [-0.2, 0) is 10.2 Å². The molecular weight excluding hydrogens is 396 g/mol. The number of amides is 1. The Kier molecular flexibility index (Phi) is 8.75. The minimum Gasteiger partial charge on any atom is -0.484 e. The van der Waals surface area contributed by atoms with Gasteiger partial charge >= 0.3 is 0 Å². The molecule has 1 N–H and O–H groups in total. The molecule has 1 atom stereocenters. The Bertz CT molecular complexity index is 791. The predicted molar refractivity (Wildman–Crippen MR) is 126 cm³/mol. The van der Waals surface area contributed by atoms with Gasteiger partial charge in [-0.15, -0.1) is 12.4 Å². The van der Waals surface area contributed by atoms with E-state index in [4.69, 9.17) is 4.74 Å². The molecule has 1 fully saturated rings. The first-order valence-electron chi connectivity index (χ1n) is 10.6. The van der Waals surface area contributed by atoms with Gasteiger partial charge in [0, 0.05) is 6.54 Å². The number of carbonyl (C=O) groups is 1. The number of nitrogens with zero attached hydrogens (tertiary/aromatic N) is 1. The van der Waals surface area contributed by atoms with Crippen LogP contribution in [0.1, 0.15) is 56.3 Å². The Hall–Kier alpha value is -2.04. The SMILES string of the molecule is Cc1ccc(OCC(=O)NCC(c2ccc(C(C)(C)C)cc2)N2CCCC2)cc1.Cl. The molecule has 0 bridgehead atoms. The van der Waals surface area contributed by atoms with Crippen LogP contribution < -0.4 is 10.1 Å². The fourth-order valence-corrected chi connectivity index (χ4v) is 3.76. The van der Waals surface area contributed by atoms with Gasteiger partial charge in [0.05, 0.1) is 6.04 Å². The van der Waals surface area contributed by atoms with Gasteiger partial charge in [-0.05, 0) is 61.5 Å². The van der Waals surface area contributed by atoms with Crippen molar-refractivity contribution in [3.05, 3.63) is 65.2 Å². The number of likely N-dealkylation sites (tertiary alicyclic amines) is 1. The minimum atomic E-state index is -0.0823. The zero-order chi connectivity index (χ0) is 20.9. The average molecular weight is 431 g/mol. The molecule has 0 aliphatic carbocycles. The largest absolute Gasteiger partial charge is 0.484 e. The van der Waals surface area contributed by atoms with Gasteiger partial charge in [0.2, 0.25) is 0 Å². The van der Waals surface area contributed by atoms with Gasteiger partial charge in [0.1, 0.15) is 5.75 Å². The molecule has 1 unspecified atom stereocenters. The number of ether oxygens (including phenoxy) is 1. The number of hydrogen-bond acceptors (Lipinski definition) is 3. The second-order valence-corrected chi connectivity index (χ2v) is 9.04. The van der Waals surface area contributed by atoms with Crippen LogP contribution in [0.15, 0.2) is 48.5 Å². The van der Waals surface area contributed by atoms with Crippen molar-refractivity contribution in [3.63, 3.8) is 0 Å². The van der Waals surface area contributed by atoms with Gasteiger partial charge in [-0.1, -0.05) is 62.7 Å². The Morgan fingerprint density at radius 1 is 1.03 bits per heavy atom. The van der Waals surface area contributed by atoms with Crippen molar-refractivity contribution in [2.45, 2.75) is 52.0 Å². The monoisotopic (exact) mass is 430 g/mol. The maximum atomic E-state index is 12.4. The van der Waals surface area contributed by atoms with Crippen LogP contribution in [0.4, 0.5) is 0 Å². The van der Waals surface area contributed by atoms with E-state index < -0.39 is 0 Å². The smallest absolute Gasteiger partial charge is 0.258 e. The van der Waals surface area contributed by atoms with Crippen LogP contribution in [0.3, 0.4) is 0 Å². The van der Waals surface area contributed by atoms with E-state index in [1.165, 1.54) is 29.5 Å². The summed E-state index contributed by atoms with van der Waals surface area (Å²) in [6.45, 7) is 11.5. The van der Waals surface area contributed by atoms with Gasteiger partial charge in [-0.2, -0.15) is 0 Å². The van der Waals surface area contributed by atoms with E-state index in [1.807, 2.05) is 31.2 Å². The third-order valence-corrected chi connectivity index (χ3v) is 5.63. The predicted octanol–water partition coefficient (Wildman–Crippen LogP) is 5.05. The second kappa shape index (κ2) is 10.8. The lowest BCUT2D eigenvalue weighted by Crippen LogP contribution is -2.38. The number of benzene rings is 2. The molecule has 1 saturated heterocycles. The van der Waals surface area contributed by atoms with Gasteiger partial charge in [-0.3, -0.25) is 9.69 Å². The molecule has 0 saturated carbocycles. The van der Waals surface area contributed by atoms with Crippen molar-refractivity contribution in [2.24, 2.45) is 0 Å². The third kappa shape index (κ3) is 6.75. The standard InChI is InChI=1S/C25H34N2O2.ClH/c1-19-7-13-22(14-8-19)29-18-24(28)26-17-23(27-15-5-6-16-27)20-9-11-21(12-10-20)25(2,3)4;/h7-14,23H,5-6,15-18H2,1-4H3,(H,26,28);1H. The summed E-state index contributed by atoms with van der Waals surface area (Å²) < 4.78 is 5.61. The fourth-order valence-electron chi connectivity index (χ4n) is 3.76. The summed E-state index contributed by atoms with van der Waals surface area (Å²) in [5, 5.41) is 3.08. The summed E-state index contributed by atoms with van der Waals surface area (Å²) in [7, 11) is 0. The Morgan fingerprint density at radius 2 is 1.63 bits per heavy atom. The van der Waals surface area contributed by atoms with Crippen molar-refractivity contribution in [1.82, 2.24) is 10.2 Å². The molecule has 5 heteroatoms. The van der Waals surface area contributed by atoms with Gasteiger partial charge in [0.25, 0.3) is 5.91 Å². The first-order chi connectivity index (χ1) is 13.8. The molecule has 2 aromatic rings. The normalized spacial score (nSPS) is 15.3. The van der Waals surface area contributed by atoms with Crippen molar-refractivity contribution < 1.29 is 9.53 Å². The lowest BCUT2D eigenvalue weighted by molar-refractivity contribution is -0.123. The molecule has 1 aliphatic rings. The highest BCUT2D eigenvalue weighted by atomic mass is 35.5. The first kappa shape index (κ1) is 24.2. The summed E-state index contributed by atoms with van der Waals surface area (Å²) >= 11 is 0. The number of hydrogen-bond donors (Lipinski definition) is 1. The molecule has 164 valence electrons. The van der Waals surface area contributed by atoms with Crippen molar-refractivity contribution >= 4 is 18.3 Å². The second-order valence-electron chi connectivity index (χ2n) is 9.04. The number of aryl methyl sites for hydroxylation is 1. The number of rotatable bonds is 7. The van der Waals surface area contributed by atoms with Gasteiger partial charge < -0.3 is 10.1 Å². The van der Waals surface area contributed by atoms with E-state index in [1.54, 1.807) is 0 Å². The minimum absolute atomic E-state index is 0. The lowest BCUT2D eigenvalue weighted by Gasteiger charge is -2.29. The summed E-state index contributed by atoms with van der Waals surface area (Å²) in [5.41, 5.74) is 3.91. The van der Waals surface area contributed by atoms with Crippen molar-refractivity contribution in [2.75, 3.05) is 26.2 Å². The first-order valence-corrected chi connectivity index (χ1v) is 10.6. The maximum Gasteiger partial charge on any atom is 0.258 e. The Morgan fingerprint density at radius 3 is 2.20 bits per heavy atom. The number of nitrogens with one attached hydrogen (secondary N) is 1. The quantitative estimate of drug-likeness (QED) is 0.668. The summed E-state index contributed by atoms with van der Waals surface area (Å²) in [6.07, 6.45) is 2.45. The molecular formula is C25H35ClN2O2. The van der Waals surface area contributed by atoms with E-state index in [2.05, 4.69) is 55.3 Å². The van der Waals surface area contributed by atoms with Gasteiger partial charge in [-0.25, -0.2) is 0 Å². The lowest BCUT2D eigenvalue weighted by atomic mass is 9.86. The molecule has 1 aliphatic heterocycles. The molecule has 1 amide bonds. The zero-order valence-electron chi connectivity index (χ0n) is 18.6. The van der Waals surface area contributed by atoms with Crippen LogP contribution in [0.25, 0.3) is 0 Å². The molecule has 3 rings (SSSR count). The number of carbonyl (C=O) groups excluding carboxylic acids is 1. The van der Waals surface area contributed by atoms with Crippen molar-refractivity contribution in [3.8, 4) is 5.75 Å². The van der Waals surface area contributed by atoms with E-state index in [0.717, 1.165) is 18.8 Å². The van der Waals surface area contributed by atoms with Crippen LogP contribution in [0.5, 0.6) is 5.75 Å². The molecule has 0 spiro atoms. The molecule has 2 aromatic carbocycles. The van der Waals surface area contributed by atoms with Gasteiger partial charge in [0.15, 0.2) is 6.61 Å². The van der Waals surface area contributed by atoms with E-state index >= 15 is 0 Å². The summed E-state index contributed by atoms with van der Waals surface area (Å²) in [6, 6.07) is 16.8. The van der Waals surface area contributed by atoms with Crippen LogP contribution in [0, 0.1) is 6.92 Å². The van der Waals surface area contributed by atoms with E-state index in [0.29, 0.717) is 6.54 Å². The molecule has 1 heterocycles.